The van der Waals surface area contributed by atoms with Crippen molar-refractivity contribution >= 4 is 5.69 Å². The quantitative estimate of drug-likeness (QED) is 0.828. The van der Waals surface area contributed by atoms with Crippen molar-refractivity contribution in [3.05, 3.63) is 48.5 Å². The van der Waals surface area contributed by atoms with Gasteiger partial charge in [-0.15, -0.1) is 0 Å². The highest BCUT2D eigenvalue weighted by molar-refractivity contribution is 5.47. The molecule has 2 rings (SSSR count). The van der Waals surface area contributed by atoms with E-state index >= 15 is 0 Å². The smallest absolute Gasteiger partial charge is 0.146 e. The van der Waals surface area contributed by atoms with E-state index in [0.29, 0.717) is 18.8 Å². The normalized spacial score (nSPS) is 10.6. The first-order valence-electron chi connectivity index (χ1n) is 6.48. The number of nitrogens with two attached hydrogens (primary N) is 1. The predicted molar refractivity (Wildman–Crippen MR) is 74.5 cm³/mol. The second-order valence-electron chi connectivity index (χ2n) is 4.35. The summed E-state index contributed by atoms with van der Waals surface area (Å²) in [6, 6.07) is 8.72. The number of aromatic nitrogens is 2. The fourth-order valence-corrected chi connectivity index (χ4v) is 2.00. The van der Waals surface area contributed by atoms with Gasteiger partial charge in [-0.05, 0) is 31.2 Å². The summed E-state index contributed by atoms with van der Waals surface area (Å²) in [5.74, 6) is -0.194. The van der Waals surface area contributed by atoms with E-state index in [1.54, 1.807) is 18.3 Å². The summed E-state index contributed by atoms with van der Waals surface area (Å²) in [5.41, 5.74) is 6.17. The molecular formula is C14H19FN4. The van der Waals surface area contributed by atoms with E-state index in [0.717, 1.165) is 19.5 Å². The molecule has 5 heteroatoms. The van der Waals surface area contributed by atoms with Crippen LogP contribution >= 0.6 is 0 Å². The first-order chi connectivity index (χ1) is 9.31. The SMILES string of the molecule is NCCCN(CCn1cccn1)c1ccccc1F. The minimum atomic E-state index is -0.194. The van der Waals surface area contributed by atoms with Crippen LogP contribution in [0.5, 0.6) is 0 Å². The number of hydrogen-bond donors (Lipinski definition) is 1. The molecule has 0 aliphatic rings. The molecule has 0 atom stereocenters. The average molecular weight is 262 g/mol. The van der Waals surface area contributed by atoms with Gasteiger partial charge < -0.3 is 10.6 Å². The first-order valence-corrected chi connectivity index (χ1v) is 6.48. The maximum Gasteiger partial charge on any atom is 0.146 e. The predicted octanol–water partition coefficient (Wildman–Crippen LogP) is 1.88. The number of nitrogens with zero attached hydrogens (tertiary/aromatic N) is 3. The Morgan fingerprint density at radius 1 is 1.21 bits per heavy atom. The zero-order chi connectivity index (χ0) is 13.5. The van der Waals surface area contributed by atoms with Crippen molar-refractivity contribution in [2.24, 2.45) is 5.73 Å². The van der Waals surface area contributed by atoms with Crippen LogP contribution in [0.4, 0.5) is 10.1 Å². The first kappa shape index (κ1) is 13.5. The van der Waals surface area contributed by atoms with Crippen LogP contribution in [0.2, 0.25) is 0 Å². The van der Waals surface area contributed by atoms with Gasteiger partial charge in [0, 0.05) is 25.5 Å². The topological polar surface area (TPSA) is 47.1 Å². The van der Waals surface area contributed by atoms with E-state index in [4.69, 9.17) is 5.73 Å². The third-order valence-electron chi connectivity index (χ3n) is 2.98. The van der Waals surface area contributed by atoms with Crippen molar-refractivity contribution in [1.29, 1.82) is 0 Å². The Morgan fingerprint density at radius 3 is 2.74 bits per heavy atom. The molecule has 0 saturated carbocycles. The van der Waals surface area contributed by atoms with Gasteiger partial charge in [-0.25, -0.2) is 4.39 Å². The Morgan fingerprint density at radius 2 is 2.05 bits per heavy atom. The van der Waals surface area contributed by atoms with Gasteiger partial charge in [-0.3, -0.25) is 4.68 Å². The molecule has 0 aliphatic heterocycles. The zero-order valence-corrected chi connectivity index (χ0v) is 10.9. The van der Waals surface area contributed by atoms with E-state index in [1.165, 1.54) is 6.07 Å². The fourth-order valence-electron chi connectivity index (χ4n) is 2.00. The van der Waals surface area contributed by atoms with E-state index in [-0.39, 0.29) is 5.82 Å². The highest BCUT2D eigenvalue weighted by Crippen LogP contribution is 2.18. The summed E-state index contributed by atoms with van der Waals surface area (Å²) in [7, 11) is 0. The van der Waals surface area contributed by atoms with Crippen LogP contribution in [-0.2, 0) is 6.54 Å². The minimum Gasteiger partial charge on any atom is -0.367 e. The molecule has 0 radical (unpaired) electrons. The molecule has 0 fully saturated rings. The number of halogens is 1. The summed E-state index contributed by atoms with van der Waals surface area (Å²) < 4.78 is 15.7. The summed E-state index contributed by atoms with van der Waals surface area (Å²) in [6.45, 7) is 2.79. The third-order valence-corrected chi connectivity index (χ3v) is 2.98. The van der Waals surface area contributed by atoms with Gasteiger partial charge in [-0.1, -0.05) is 12.1 Å². The van der Waals surface area contributed by atoms with Crippen molar-refractivity contribution in [2.45, 2.75) is 13.0 Å². The summed E-state index contributed by atoms with van der Waals surface area (Å²) in [4.78, 5) is 2.02. The van der Waals surface area contributed by atoms with Crippen LogP contribution in [0.1, 0.15) is 6.42 Å². The van der Waals surface area contributed by atoms with E-state index in [9.17, 15) is 4.39 Å². The molecule has 0 amide bonds. The van der Waals surface area contributed by atoms with Crippen LogP contribution in [0, 0.1) is 5.82 Å². The summed E-state index contributed by atoms with van der Waals surface area (Å²) in [6.07, 6.45) is 4.49. The minimum absolute atomic E-state index is 0.194. The average Bonchev–Trinajstić information content (AvgIpc) is 2.93. The maximum absolute atomic E-state index is 13.8. The highest BCUT2D eigenvalue weighted by atomic mass is 19.1. The highest BCUT2D eigenvalue weighted by Gasteiger charge is 2.10. The van der Waals surface area contributed by atoms with Gasteiger partial charge in [0.05, 0.1) is 12.2 Å². The molecule has 0 unspecified atom stereocenters. The lowest BCUT2D eigenvalue weighted by Crippen LogP contribution is -2.30. The standard InChI is InChI=1S/C14H19FN4/c15-13-5-1-2-6-14(13)18(9-3-7-16)11-12-19-10-4-8-17-19/h1-2,4-6,8,10H,3,7,9,11-12,16H2. The molecular weight excluding hydrogens is 243 g/mol. The molecule has 0 aliphatic carbocycles. The van der Waals surface area contributed by atoms with Gasteiger partial charge in [-0.2, -0.15) is 5.10 Å². The van der Waals surface area contributed by atoms with Crippen LogP contribution < -0.4 is 10.6 Å². The Kier molecular flexibility index (Phi) is 4.92. The Labute approximate surface area is 112 Å². The molecule has 0 spiro atoms. The number of para-hydroxylation sites is 1. The number of rotatable bonds is 7. The molecule has 2 aromatic rings. The molecule has 2 N–H and O–H groups in total. The van der Waals surface area contributed by atoms with E-state index in [2.05, 4.69) is 5.10 Å². The Bertz CT molecular complexity index is 484. The molecule has 102 valence electrons. The zero-order valence-electron chi connectivity index (χ0n) is 10.9. The molecule has 0 saturated heterocycles. The fraction of sp³-hybridized carbons (Fsp3) is 0.357. The van der Waals surface area contributed by atoms with Crippen LogP contribution in [0.25, 0.3) is 0 Å². The van der Waals surface area contributed by atoms with Crippen molar-refractivity contribution in [3.63, 3.8) is 0 Å². The molecule has 1 aromatic heterocycles. The van der Waals surface area contributed by atoms with Crippen molar-refractivity contribution < 1.29 is 4.39 Å². The van der Waals surface area contributed by atoms with Gasteiger partial charge in [0.15, 0.2) is 0 Å². The van der Waals surface area contributed by atoms with E-state index < -0.39 is 0 Å². The lowest BCUT2D eigenvalue weighted by atomic mass is 10.2. The summed E-state index contributed by atoms with van der Waals surface area (Å²) >= 11 is 0. The second-order valence-corrected chi connectivity index (χ2v) is 4.35. The lowest BCUT2D eigenvalue weighted by Gasteiger charge is -2.25. The van der Waals surface area contributed by atoms with Gasteiger partial charge in [0.2, 0.25) is 0 Å². The van der Waals surface area contributed by atoms with Crippen LogP contribution in [0.3, 0.4) is 0 Å². The molecule has 19 heavy (non-hydrogen) atoms. The second kappa shape index (κ2) is 6.89. The largest absolute Gasteiger partial charge is 0.367 e. The van der Waals surface area contributed by atoms with Crippen LogP contribution in [-0.4, -0.2) is 29.4 Å². The Hall–Kier alpha value is -1.88. The van der Waals surface area contributed by atoms with Crippen molar-refractivity contribution in [3.8, 4) is 0 Å². The van der Waals surface area contributed by atoms with Crippen molar-refractivity contribution in [1.82, 2.24) is 9.78 Å². The Balaban J connectivity index is 2.05. The number of hydrogen-bond acceptors (Lipinski definition) is 3. The molecule has 0 bridgehead atoms. The maximum atomic E-state index is 13.8. The van der Waals surface area contributed by atoms with Gasteiger partial charge in [0.1, 0.15) is 5.82 Å². The third kappa shape index (κ3) is 3.79. The molecule has 4 nitrogen and oxygen atoms in total. The molecule has 1 heterocycles. The number of anilines is 1. The lowest BCUT2D eigenvalue weighted by molar-refractivity contribution is 0.572. The number of benzene rings is 1. The molecule has 1 aromatic carbocycles. The van der Waals surface area contributed by atoms with Gasteiger partial charge in [0.25, 0.3) is 0 Å². The van der Waals surface area contributed by atoms with Crippen LogP contribution in [0.15, 0.2) is 42.7 Å². The van der Waals surface area contributed by atoms with E-state index in [1.807, 2.05) is 27.9 Å². The van der Waals surface area contributed by atoms with Crippen molar-refractivity contribution in [2.75, 3.05) is 24.5 Å². The van der Waals surface area contributed by atoms with Gasteiger partial charge >= 0.3 is 0 Å². The summed E-state index contributed by atoms with van der Waals surface area (Å²) in [5, 5.41) is 4.16. The monoisotopic (exact) mass is 262 g/mol.